The minimum atomic E-state index is 0.198. The molecule has 1 amide bonds. The molecule has 0 saturated carbocycles. The molecule has 0 radical (unpaired) electrons. The molecule has 1 aliphatic rings. The summed E-state index contributed by atoms with van der Waals surface area (Å²) in [6.07, 6.45) is 4.37. The van der Waals surface area contributed by atoms with E-state index < -0.39 is 0 Å². The molecule has 2 aromatic rings. The Morgan fingerprint density at radius 3 is 2.91 bits per heavy atom. The summed E-state index contributed by atoms with van der Waals surface area (Å²) in [4.78, 5) is 14.6. The molecule has 1 aliphatic heterocycles. The van der Waals surface area contributed by atoms with E-state index in [-0.39, 0.29) is 5.91 Å². The summed E-state index contributed by atoms with van der Waals surface area (Å²) in [5.41, 5.74) is 4.23. The molecule has 1 fully saturated rings. The molecule has 0 spiro atoms. The highest BCUT2D eigenvalue weighted by Gasteiger charge is 2.26. The van der Waals surface area contributed by atoms with Gasteiger partial charge in [-0.15, -0.1) is 0 Å². The van der Waals surface area contributed by atoms with Gasteiger partial charge in [-0.05, 0) is 32.8 Å². The number of likely N-dealkylation sites (tertiary alicyclic amines) is 1. The fraction of sp³-hybridized carbons (Fsp3) is 0.562. The minimum Gasteiger partial charge on any atom is -0.342 e. The fourth-order valence-electron chi connectivity index (χ4n) is 3.29. The summed E-state index contributed by atoms with van der Waals surface area (Å²) >= 11 is 0. The van der Waals surface area contributed by atoms with Crippen molar-refractivity contribution in [3.8, 4) is 0 Å². The lowest BCUT2D eigenvalue weighted by Crippen LogP contribution is -2.40. The third kappa shape index (κ3) is 2.77. The molecular weight excluding hydrogens is 278 g/mol. The number of nitrogens with one attached hydrogen (secondary N) is 1. The second-order valence-electron chi connectivity index (χ2n) is 6.14. The van der Waals surface area contributed by atoms with E-state index in [0.717, 1.165) is 48.6 Å². The first-order valence-electron chi connectivity index (χ1n) is 7.82. The van der Waals surface area contributed by atoms with Gasteiger partial charge < -0.3 is 4.90 Å². The van der Waals surface area contributed by atoms with Gasteiger partial charge in [0.2, 0.25) is 5.91 Å². The largest absolute Gasteiger partial charge is 0.342 e. The van der Waals surface area contributed by atoms with Gasteiger partial charge in [-0.3, -0.25) is 14.6 Å². The number of amides is 1. The quantitative estimate of drug-likeness (QED) is 0.938. The Labute approximate surface area is 130 Å². The molecule has 6 nitrogen and oxygen atoms in total. The second kappa shape index (κ2) is 5.94. The molecular formula is C16H23N5O. The van der Waals surface area contributed by atoms with Crippen LogP contribution >= 0.6 is 0 Å². The van der Waals surface area contributed by atoms with Gasteiger partial charge in [0.05, 0.1) is 12.1 Å². The van der Waals surface area contributed by atoms with E-state index in [0.29, 0.717) is 12.3 Å². The van der Waals surface area contributed by atoms with Crippen molar-refractivity contribution in [2.75, 3.05) is 13.1 Å². The Bertz CT molecular complexity index is 658. The number of hydrogen-bond acceptors (Lipinski definition) is 3. The van der Waals surface area contributed by atoms with Crippen molar-refractivity contribution < 1.29 is 4.79 Å². The highest BCUT2D eigenvalue weighted by Crippen LogP contribution is 2.26. The van der Waals surface area contributed by atoms with Gasteiger partial charge in [0.1, 0.15) is 0 Å². The van der Waals surface area contributed by atoms with Gasteiger partial charge in [0.15, 0.2) is 0 Å². The number of H-pyrrole nitrogens is 1. The first-order valence-corrected chi connectivity index (χ1v) is 7.82. The summed E-state index contributed by atoms with van der Waals surface area (Å²) in [5, 5.41) is 11.5. The topological polar surface area (TPSA) is 66.8 Å². The maximum Gasteiger partial charge on any atom is 0.227 e. The maximum atomic E-state index is 12.7. The van der Waals surface area contributed by atoms with Gasteiger partial charge in [0.25, 0.3) is 0 Å². The summed E-state index contributed by atoms with van der Waals surface area (Å²) in [6, 6.07) is 2.01. The van der Waals surface area contributed by atoms with Crippen molar-refractivity contribution in [2.24, 2.45) is 7.05 Å². The van der Waals surface area contributed by atoms with Gasteiger partial charge in [-0.25, -0.2) is 0 Å². The number of aryl methyl sites for hydroxylation is 2. The van der Waals surface area contributed by atoms with Crippen molar-refractivity contribution >= 4 is 5.91 Å². The number of nitrogens with zero attached hydrogens (tertiary/aromatic N) is 4. The lowest BCUT2D eigenvalue weighted by Gasteiger charge is -2.32. The first kappa shape index (κ1) is 14.8. The molecule has 0 aromatic carbocycles. The van der Waals surface area contributed by atoms with Crippen LogP contribution in [0.5, 0.6) is 0 Å². The highest BCUT2D eigenvalue weighted by atomic mass is 16.2. The van der Waals surface area contributed by atoms with Gasteiger partial charge in [-0.1, -0.05) is 0 Å². The Morgan fingerprint density at radius 2 is 2.27 bits per heavy atom. The Kier molecular flexibility index (Phi) is 4.00. The van der Waals surface area contributed by atoms with Crippen LogP contribution in [0.15, 0.2) is 12.3 Å². The van der Waals surface area contributed by atoms with Gasteiger partial charge >= 0.3 is 0 Å². The van der Waals surface area contributed by atoms with Crippen LogP contribution in [0, 0.1) is 13.8 Å². The van der Waals surface area contributed by atoms with Gasteiger partial charge in [-0.2, -0.15) is 10.2 Å². The summed E-state index contributed by atoms with van der Waals surface area (Å²) < 4.78 is 1.85. The predicted molar refractivity (Wildman–Crippen MR) is 83.5 cm³/mol. The van der Waals surface area contributed by atoms with Crippen LogP contribution in [0.25, 0.3) is 0 Å². The first-order chi connectivity index (χ1) is 10.6. The number of piperidine rings is 1. The molecule has 1 saturated heterocycles. The summed E-state index contributed by atoms with van der Waals surface area (Å²) in [7, 11) is 1.92. The number of hydrogen-bond donors (Lipinski definition) is 1. The van der Waals surface area contributed by atoms with E-state index in [1.807, 2.05) is 36.5 Å². The van der Waals surface area contributed by atoms with Crippen LogP contribution in [0.2, 0.25) is 0 Å². The van der Waals surface area contributed by atoms with Crippen LogP contribution in [0.4, 0.5) is 0 Å². The van der Waals surface area contributed by atoms with Crippen molar-refractivity contribution in [1.82, 2.24) is 24.9 Å². The third-order valence-corrected chi connectivity index (χ3v) is 4.72. The normalized spacial score (nSPS) is 18.7. The number of aromatic amines is 1. The minimum absolute atomic E-state index is 0.198. The average Bonchev–Trinajstić information content (AvgIpc) is 3.12. The number of rotatable bonds is 3. The molecule has 3 heterocycles. The van der Waals surface area contributed by atoms with Crippen LogP contribution in [-0.4, -0.2) is 43.9 Å². The lowest BCUT2D eigenvalue weighted by atomic mass is 9.94. The fourth-order valence-corrected chi connectivity index (χ4v) is 3.29. The molecule has 2 aromatic heterocycles. The zero-order valence-electron chi connectivity index (χ0n) is 13.5. The van der Waals surface area contributed by atoms with Crippen LogP contribution in [0.3, 0.4) is 0 Å². The van der Waals surface area contributed by atoms with E-state index in [1.165, 1.54) is 0 Å². The number of carbonyl (C=O) groups is 1. The van der Waals surface area contributed by atoms with Crippen molar-refractivity contribution in [3.63, 3.8) is 0 Å². The molecule has 1 atom stereocenters. The number of aromatic nitrogens is 4. The highest BCUT2D eigenvalue weighted by molar-refractivity contribution is 5.79. The summed E-state index contributed by atoms with van der Waals surface area (Å²) in [6.45, 7) is 5.62. The Hall–Kier alpha value is -2.11. The van der Waals surface area contributed by atoms with Crippen LogP contribution < -0.4 is 0 Å². The van der Waals surface area contributed by atoms with E-state index in [2.05, 4.69) is 15.3 Å². The Balaban J connectivity index is 1.69. The van der Waals surface area contributed by atoms with E-state index in [1.54, 1.807) is 6.20 Å². The van der Waals surface area contributed by atoms with Crippen LogP contribution in [0.1, 0.15) is 41.4 Å². The van der Waals surface area contributed by atoms with E-state index in [4.69, 9.17) is 0 Å². The SMILES string of the molecule is Cc1nn(C)c(C)c1CC(=O)N1CCC[C@@H](c2ccn[nH]2)C1. The van der Waals surface area contributed by atoms with Gasteiger partial charge in [0, 0.05) is 49.2 Å². The lowest BCUT2D eigenvalue weighted by molar-refractivity contribution is -0.131. The van der Waals surface area contributed by atoms with Crippen molar-refractivity contribution in [1.29, 1.82) is 0 Å². The molecule has 118 valence electrons. The average molecular weight is 301 g/mol. The zero-order valence-corrected chi connectivity index (χ0v) is 13.5. The maximum absolute atomic E-state index is 12.7. The molecule has 3 rings (SSSR count). The van der Waals surface area contributed by atoms with E-state index >= 15 is 0 Å². The third-order valence-electron chi connectivity index (χ3n) is 4.72. The molecule has 22 heavy (non-hydrogen) atoms. The van der Waals surface area contributed by atoms with Crippen LogP contribution in [-0.2, 0) is 18.3 Å². The second-order valence-corrected chi connectivity index (χ2v) is 6.14. The molecule has 1 N–H and O–H groups in total. The molecule has 6 heteroatoms. The van der Waals surface area contributed by atoms with E-state index in [9.17, 15) is 4.79 Å². The van der Waals surface area contributed by atoms with Crippen molar-refractivity contribution in [3.05, 3.63) is 34.9 Å². The molecule has 0 unspecified atom stereocenters. The standard InChI is InChI=1S/C16H23N5O/c1-11-14(12(2)20(3)19-11)9-16(22)21-8-4-5-13(10-21)15-6-7-17-18-15/h6-7,13H,4-5,8-10H2,1-3H3,(H,17,18)/t13-/m1/s1. The van der Waals surface area contributed by atoms with Crippen molar-refractivity contribution in [2.45, 2.75) is 39.0 Å². The zero-order chi connectivity index (χ0) is 15.7. The monoisotopic (exact) mass is 301 g/mol. The molecule has 0 bridgehead atoms. The smallest absolute Gasteiger partial charge is 0.227 e. The predicted octanol–water partition coefficient (Wildman–Crippen LogP) is 1.71. The Morgan fingerprint density at radius 1 is 1.45 bits per heavy atom. The summed E-state index contributed by atoms with van der Waals surface area (Å²) in [5.74, 6) is 0.569. The molecule has 0 aliphatic carbocycles. The number of carbonyl (C=O) groups excluding carboxylic acids is 1.